The summed E-state index contributed by atoms with van der Waals surface area (Å²) >= 11 is 5.30. The fourth-order valence-corrected chi connectivity index (χ4v) is 0.401. The monoisotopic (exact) mass is 153 g/mol. The number of rotatable bonds is 2. The van der Waals surface area contributed by atoms with Gasteiger partial charge in [0, 0.05) is 5.88 Å². The molecule has 1 amide bonds. The molecule has 56 valence electrons. The lowest BCUT2D eigenvalue weighted by molar-refractivity contribution is 0.205. The Morgan fingerprint density at radius 3 is 2.11 bits per heavy atom. The molecule has 0 aliphatic carbocycles. The Morgan fingerprint density at radius 1 is 1.78 bits per heavy atom. The molecule has 0 fully saturated rings. The Labute approximate surface area is 59.8 Å². The standard InChI is InChI=1S/C4H9Cl.CH3NO2/c1-2-3-4-5;2-1(3)4/h2-4H2,1H3;2H2,(H,3,4). The van der Waals surface area contributed by atoms with Crippen LogP contribution in [0.1, 0.15) is 19.8 Å². The summed E-state index contributed by atoms with van der Waals surface area (Å²) < 4.78 is 0. The van der Waals surface area contributed by atoms with E-state index in [0.29, 0.717) is 0 Å². The third-order valence-electron chi connectivity index (χ3n) is 0.487. The van der Waals surface area contributed by atoms with Crippen molar-refractivity contribution >= 4 is 17.7 Å². The molecule has 0 aromatic rings. The SMILES string of the molecule is CCCCCl.NC(=O)O. The van der Waals surface area contributed by atoms with Gasteiger partial charge in [-0.1, -0.05) is 13.3 Å². The number of unbranched alkanes of at least 4 members (excludes halogenated alkanes) is 1. The molecule has 0 unspecified atom stereocenters. The molecule has 4 heteroatoms. The van der Waals surface area contributed by atoms with Crippen molar-refractivity contribution in [1.29, 1.82) is 0 Å². The van der Waals surface area contributed by atoms with Crippen molar-refractivity contribution in [2.75, 3.05) is 5.88 Å². The molecule has 3 N–H and O–H groups in total. The molecule has 9 heavy (non-hydrogen) atoms. The molecular weight excluding hydrogens is 142 g/mol. The molecule has 0 aliphatic rings. The van der Waals surface area contributed by atoms with Crippen molar-refractivity contribution < 1.29 is 9.90 Å². The number of nitrogens with two attached hydrogens (primary N) is 1. The van der Waals surface area contributed by atoms with E-state index in [2.05, 4.69) is 12.7 Å². The van der Waals surface area contributed by atoms with Crippen LogP contribution in [0, 0.1) is 0 Å². The minimum Gasteiger partial charge on any atom is -0.465 e. The van der Waals surface area contributed by atoms with Crippen molar-refractivity contribution in [2.45, 2.75) is 19.8 Å². The van der Waals surface area contributed by atoms with Crippen LogP contribution in [-0.2, 0) is 0 Å². The second-order valence-corrected chi connectivity index (χ2v) is 1.76. The average Bonchev–Trinajstić information content (AvgIpc) is 1.66. The average molecular weight is 154 g/mol. The lowest BCUT2D eigenvalue weighted by Gasteiger charge is -1.77. The number of carboxylic acid groups (broad SMARTS) is 1. The van der Waals surface area contributed by atoms with Crippen LogP contribution in [0.2, 0.25) is 0 Å². The van der Waals surface area contributed by atoms with Crippen LogP contribution in [0.15, 0.2) is 0 Å². The fourth-order valence-electron chi connectivity index (χ4n) is 0.134. The Hall–Kier alpha value is -0.440. The first-order valence-corrected chi connectivity index (χ1v) is 3.23. The first kappa shape index (κ1) is 11.4. The van der Waals surface area contributed by atoms with Gasteiger partial charge in [-0.2, -0.15) is 0 Å². The van der Waals surface area contributed by atoms with Crippen LogP contribution in [0.4, 0.5) is 4.79 Å². The van der Waals surface area contributed by atoms with Crippen LogP contribution >= 0.6 is 11.6 Å². The summed E-state index contributed by atoms with van der Waals surface area (Å²) in [6.07, 6.45) is 1.03. The minimum atomic E-state index is -1.33. The second kappa shape index (κ2) is 10.5. The van der Waals surface area contributed by atoms with Gasteiger partial charge in [0.25, 0.3) is 0 Å². The molecular formula is C5H12ClNO2. The summed E-state index contributed by atoms with van der Waals surface area (Å²) in [5.41, 5.74) is 4.03. The highest BCUT2D eigenvalue weighted by atomic mass is 35.5. The number of primary amides is 1. The molecule has 3 nitrogen and oxygen atoms in total. The minimum absolute atomic E-state index is 0.816. The Kier molecular flexibility index (Phi) is 13.3. The Bertz CT molecular complexity index is 62.0. The van der Waals surface area contributed by atoms with E-state index in [-0.39, 0.29) is 0 Å². The Morgan fingerprint density at radius 2 is 2.11 bits per heavy atom. The smallest absolute Gasteiger partial charge is 0.402 e. The summed E-state index contributed by atoms with van der Waals surface area (Å²) in [6, 6.07) is 0. The fraction of sp³-hybridized carbons (Fsp3) is 0.800. The normalized spacial score (nSPS) is 7.33. The molecule has 0 saturated carbocycles. The van der Waals surface area contributed by atoms with E-state index in [0.717, 1.165) is 12.3 Å². The summed E-state index contributed by atoms with van der Waals surface area (Å²) in [4.78, 5) is 8.78. The predicted molar refractivity (Wildman–Crippen MR) is 37.8 cm³/mol. The maximum atomic E-state index is 8.78. The van der Waals surface area contributed by atoms with Gasteiger partial charge in [0.2, 0.25) is 0 Å². The zero-order valence-corrected chi connectivity index (χ0v) is 6.19. The third-order valence-corrected chi connectivity index (χ3v) is 0.754. The van der Waals surface area contributed by atoms with E-state index in [1.54, 1.807) is 0 Å². The zero-order valence-electron chi connectivity index (χ0n) is 5.43. The summed E-state index contributed by atoms with van der Waals surface area (Å²) in [7, 11) is 0. The molecule has 0 bridgehead atoms. The van der Waals surface area contributed by atoms with E-state index in [1.807, 2.05) is 0 Å². The van der Waals surface area contributed by atoms with Crippen molar-refractivity contribution in [2.24, 2.45) is 5.73 Å². The van der Waals surface area contributed by atoms with E-state index >= 15 is 0 Å². The van der Waals surface area contributed by atoms with Gasteiger partial charge in [0.05, 0.1) is 0 Å². The Balaban J connectivity index is 0. The zero-order chi connectivity index (χ0) is 7.70. The lowest BCUT2D eigenvalue weighted by atomic mass is 10.4. The topological polar surface area (TPSA) is 63.3 Å². The van der Waals surface area contributed by atoms with Gasteiger partial charge >= 0.3 is 6.09 Å². The molecule has 0 aliphatic heterocycles. The summed E-state index contributed by atoms with van der Waals surface area (Å²) in [6.45, 7) is 2.13. The molecule has 0 atom stereocenters. The van der Waals surface area contributed by atoms with E-state index < -0.39 is 6.09 Å². The van der Waals surface area contributed by atoms with E-state index in [9.17, 15) is 0 Å². The predicted octanol–water partition coefficient (Wildman–Crippen LogP) is 1.65. The number of hydrogen-bond donors (Lipinski definition) is 2. The van der Waals surface area contributed by atoms with Crippen molar-refractivity contribution in [3.63, 3.8) is 0 Å². The van der Waals surface area contributed by atoms with E-state index in [1.165, 1.54) is 6.42 Å². The van der Waals surface area contributed by atoms with Crippen LogP contribution in [0.5, 0.6) is 0 Å². The largest absolute Gasteiger partial charge is 0.465 e. The highest BCUT2D eigenvalue weighted by Gasteiger charge is 1.70. The summed E-state index contributed by atoms with van der Waals surface area (Å²) in [5, 5.41) is 7.19. The molecule has 0 saturated heterocycles. The van der Waals surface area contributed by atoms with Gasteiger partial charge < -0.3 is 10.8 Å². The molecule has 0 rings (SSSR count). The number of alkyl halides is 1. The highest BCUT2D eigenvalue weighted by molar-refractivity contribution is 6.17. The maximum Gasteiger partial charge on any atom is 0.402 e. The lowest BCUT2D eigenvalue weighted by Crippen LogP contribution is -2.03. The first-order chi connectivity index (χ1) is 4.15. The number of carbonyl (C=O) groups is 1. The molecule has 0 aromatic heterocycles. The molecule has 0 spiro atoms. The van der Waals surface area contributed by atoms with Crippen molar-refractivity contribution in [1.82, 2.24) is 0 Å². The van der Waals surface area contributed by atoms with Crippen molar-refractivity contribution in [3.8, 4) is 0 Å². The number of hydrogen-bond acceptors (Lipinski definition) is 1. The van der Waals surface area contributed by atoms with Gasteiger partial charge in [-0.25, -0.2) is 4.79 Å². The van der Waals surface area contributed by atoms with Crippen LogP contribution in [0.25, 0.3) is 0 Å². The number of amides is 1. The van der Waals surface area contributed by atoms with Gasteiger partial charge in [0.15, 0.2) is 0 Å². The van der Waals surface area contributed by atoms with E-state index in [4.69, 9.17) is 21.5 Å². The van der Waals surface area contributed by atoms with Crippen LogP contribution in [0.3, 0.4) is 0 Å². The quantitative estimate of drug-likeness (QED) is 0.593. The van der Waals surface area contributed by atoms with Gasteiger partial charge in [-0.3, -0.25) is 0 Å². The van der Waals surface area contributed by atoms with Gasteiger partial charge in [0.1, 0.15) is 0 Å². The molecule has 0 radical (unpaired) electrons. The first-order valence-electron chi connectivity index (χ1n) is 2.69. The highest BCUT2D eigenvalue weighted by Crippen LogP contribution is 1.86. The van der Waals surface area contributed by atoms with Crippen LogP contribution in [-0.4, -0.2) is 17.1 Å². The van der Waals surface area contributed by atoms with Crippen molar-refractivity contribution in [3.05, 3.63) is 0 Å². The van der Waals surface area contributed by atoms with Gasteiger partial charge in [-0.05, 0) is 6.42 Å². The summed E-state index contributed by atoms with van der Waals surface area (Å²) in [5.74, 6) is 0.816. The van der Waals surface area contributed by atoms with Crippen LogP contribution < -0.4 is 5.73 Å². The van der Waals surface area contributed by atoms with Gasteiger partial charge in [-0.15, -0.1) is 11.6 Å². The molecule has 0 aromatic carbocycles. The maximum absolute atomic E-state index is 8.78. The molecule has 0 heterocycles. The number of halogens is 1. The second-order valence-electron chi connectivity index (χ2n) is 1.38. The third kappa shape index (κ3) is 96.0.